The SMILES string of the molecule is Cc1ccc(NS(=O)(=O)c2cc(F)cc(C#N)c2)c2[nH]cc(C#N)c12. The number of nitrogens with zero attached hydrogens (tertiary/aromatic N) is 2. The highest BCUT2D eigenvalue weighted by atomic mass is 32.2. The summed E-state index contributed by atoms with van der Waals surface area (Å²) in [7, 11) is -4.11. The summed E-state index contributed by atoms with van der Waals surface area (Å²) in [5.41, 5.74) is 1.79. The molecule has 0 saturated carbocycles. The van der Waals surface area contributed by atoms with Crippen molar-refractivity contribution in [3.8, 4) is 12.1 Å². The van der Waals surface area contributed by atoms with Gasteiger partial charge in [0.2, 0.25) is 0 Å². The Balaban J connectivity index is 2.12. The third-order valence-corrected chi connectivity index (χ3v) is 5.06. The molecule has 25 heavy (non-hydrogen) atoms. The molecule has 2 N–H and O–H groups in total. The van der Waals surface area contributed by atoms with Crippen LogP contribution in [-0.2, 0) is 10.0 Å². The Morgan fingerprint density at radius 1 is 1.16 bits per heavy atom. The van der Waals surface area contributed by atoms with E-state index in [-0.39, 0.29) is 16.1 Å². The van der Waals surface area contributed by atoms with Crippen LogP contribution in [0.5, 0.6) is 0 Å². The molecule has 0 unspecified atom stereocenters. The Kier molecular flexibility index (Phi) is 3.91. The van der Waals surface area contributed by atoms with Crippen LogP contribution in [0.25, 0.3) is 10.9 Å². The van der Waals surface area contributed by atoms with Crippen LogP contribution in [0.3, 0.4) is 0 Å². The van der Waals surface area contributed by atoms with E-state index < -0.39 is 15.8 Å². The van der Waals surface area contributed by atoms with Gasteiger partial charge in [-0.3, -0.25) is 4.72 Å². The molecule has 6 nitrogen and oxygen atoms in total. The zero-order chi connectivity index (χ0) is 18.2. The predicted octanol–water partition coefficient (Wildman–Crippen LogP) is 3.16. The Hall–Kier alpha value is -3.36. The van der Waals surface area contributed by atoms with Crippen molar-refractivity contribution >= 4 is 26.6 Å². The molecule has 2 aromatic carbocycles. The molecule has 0 aliphatic carbocycles. The van der Waals surface area contributed by atoms with Gasteiger partial charge in [0, 0.05) is 11.6 Å². The zero-order valence-corrected chi connectivity index (χ0v) is 13.8. The molecule has 3 rings (SSSR count). The maximum atomic E-state index is 13.6. The molecule has 0 aliphatic rings. The first-order chi connectivity index (χ1) is 11.9. The van der Waals surface area contributed by atoms with Gasteiger partial charge in [0.15, 0.2) is 0 Å². The monoisotopic (exact) mass is 354 g/mol. The van der Waals surface area contributed by atoms with Crippen LogP contribution in [0.1, 0.15) is 16.7 Å². The summed E-state index contributed by atoms with van der Waals surface area (Å²) in [6, 6.07) is 9.87. The molecular weight excluding hydrogens is 343 g/mol. The third kappa shape index (κ3) is 2.91. The number of anilines is 1. The first-order valence-corrected chi connectivity index (χ1v) is 8.58. The standard InChI is InChI=1S/C17H11FN4O2S/c1-10-2-3-15(17-16(10)12(8-20)9-21-17)22-25(23,24)14-5-11(7-19)4-13(18)6-14/h2-6,9,21-22H,1H3. The number of sulfonamides is 1. The third-order valence-electron chi connectivity index (χ3n) is 3.72. The van der Waals surface area contributed by atoms with Gasteiger partial charge in [-0.15, -0.1) is 0 Å². The van der Waals surface area contributed by atoms with Crippen molar-refractivity contribution in [2.75, 3.05) is 4.72 Å². The Morgan fingerprint density at radius 3 is 2.60 bits per heavy atom. The lowest BCUT2D eigenvalue weighted by atomic mass is 10.1. The molecule has 124 valence electrons. The minimum atomic E-state index is -4.11. The van der Waals surface area contributed by atoms with E-state index in [1.54, 1.807) is 25.1 Å². The lowest BCUT2D eigenvalue weighted by Gasteiger charge is -2.10. The summed E-state index contributed by atoms with van der Waals surface area (Å²) in [5, 5.41) is 18.6. The zero-order valence-electron chi connectivity index (χ0n) is 13.0. The highest BCUT2D eigenvalue weighted by Gasteiger charge is 2.19. The molecule has 0 bridgehead atoms. The van der Waals surface area contributed by atoms with Crippen molar-refractivity contribution in [3.05, 3.63) is 59.0 Å². The Bertz CT molecular complexity index is 1180. The van der Waals surface area contributed by atoms with Crippen molar-refractivity contribution in [3.63, 3.8) is 0 Å². The average molecular weight is 354 g/mol. The number of nitriles is 2. The highest BCUT2D eigenvalue weighted by Crippen LogP contribution is 2.30. The molecule has 0 amide bonds. The number of benzene rings is 2. The van der Waals surface area contributed by atoms with Gasteiger partial charge in [0.05, 0.1) is 33.3 Å². The lowest BCUT2D eigenvalue weighted by molar-refractivity contribution is 0.595. The van der Waals surface area contributed by atoms with E-state index in [0.717, 1.165) is 23.8 Å². The fourth-order valence-corrected chi connectivity index (χ4v) is 3.71. The largest absolute Gasteiger partial charge is 0.358 e. The van der Waals surface area contributed by atoms with Crippen LogP contribution in [-0.4, -0.2) is 13.4 Å². The van der Waals surface area contributed by atoms with Gasteiger partial charge in [-0.2, -0.15) is 10.5 Å². The van der Waals surface area contributed by atoms with E-state index in [4.69, 9.17) is 10.5 Å². The number of fused-ring (bicyclic) bond motifs is 1. The van der Waals surface area contributed by atoms with Crippen molar-refractivity contribution < 1.29 is 12.8 Å². The number of halogens is 1. The van der Waals surface area contributed by atoms with Crippen molar-refractivity contribution in [1.82, 2.24) is 4.98 Å². The van der Waals surface area contributed by atoms with Crippen molar-refractivity contribution in [1.29, 1.82) is 10.5 Å². The molecule has 0 atom stereocenters. The summed E-state index contributed by atoms with van der Waals surface area (Å²) in [4.78, 5) is 2.52. The number of nitrogens with one attached hydrogen (secondary N) is 2. The van der Waals surface area contributed by atoms with E-state index in [0.29, 0.717) is 16.5 Å². The normalized spacial score (nSPS) is 11.0. The predicted molar refractivity (Wildman–Crippen MR) is 89.7 cm³/mol. The van der Waals surface area contributed by atoms with Gasteiger partial charge in [0.1, 0.15) is 11.9 Å². The van der Waals surface area contributed by atoms with Gasteiger partial charge in [-0.05, 0) is 36.8 Å². The molecule has 1 aromatic heterocycles. The molecule has 3 aromatic rings. The minimum absolute atomic E-state index is 0.0962. The van der Waals surface area contributed by atoms with E-state index in [1.807, 2.05) is 6.07 Å². The Labute approximate surface area is 143 Å². The summed E-state index contributed by atoms with van der Waals surface area (Å²) in [6.45, 7) is 1.81. The van der Waals surface area contributed by atoms with Crippen LogP contribution in [0.4, 0.5) is 10.1 Å². The fourth-order valence-electron chi connectivity index (χ4n) is 2.58. The number of H-pyrrole nitrogens is 1. The molecular formula is C17H11FN4O2S. The summed E-state index contributed by atoms with van der Waals surface area (Å²) < 4.78 is 41.1. The quantitative estimate of drug-likeness (QED) is 0.753. The maximum Gasteiger partial charge on any atom is 0.262 e. The molecule has 0 saturated heterocycles. The molecule has 0 fully saturated rings. The van der Waals surface area contributed by atoms with Crippen LogP contribution < -0.4 is 4.72 Å². The Morgan fingerprint density at radius 2 is 1.92 bits per heavy atom. The highest BCUT2D eigenvalue weighted by molar-refractivity contribution is 7.92. The minimum Gasteiger partial charge on any atom is -0.358 e. The summed E-state index contributed by atoms with van der Waals surface area (Å²) in [5.74, 6) is -0.819. The van der Waals surface area contributed by atoms with Gasteiger partial charge in [-0.25, -0.2) is 12.8 Å². The first-order valence-electron chi connectivity index (χ1n) is 7.10. The number of aromatic amines is 1. The number of aromatic nitrogens is 1. The van der Waals surface area contributed by atoms with Crippen LogP contribution in [0, 0.1) is 35.4 Å². The van der Waals surface area contributed by atoms with Gasteiger partial charge in [0.25, 0.3) is 10.0 Å². The topological polar surface area (TPSA) is 110 Å². The number of rotatable bonds is 3. The second kappa shape index (κ2) is 5.93. The van der Waals surface area contributed by atoms with Crippen LogP contribution in [0.2, 0.25) is 0 Å². The molecule has 1 heterocycles. The smallest absolute Gasteiger partial charge is 0.262 e. The molecule has 8 heteroatoms. The summed E-state index contributed by atoms with van der Waals surface area (Å²) >= 11 is 0. The molecule has 0 spiro atoms. The number of hydrogen-bond acceptors (Lipinski definition) is 4. The number of aryl methyl sites for hydroxylation is 1. The first kappa shape index (κ1) is 16.5. The van der Waals surface area contributed by atoms with E-state index >= 15 is 0 Å². The van der Waals surface area contributed by atoms with E-state index in [9.17, 15) is 12.8 Å². The lowest BCUT2D eigenvalue weighted by Crippen LogP contribution is -2.14. The van der Waals surface area contributed by atoms with Gasteiger partial charge < -0.3 is 4.98 Å². The van der Waals surface area contributed by atoms with E-state index in [2.05, 4.69) is 9.71 Å². The maximum absolute atomic E-state index is 13.6. The van der Waals surface area contributed by atoms with Crippen LogP contribution >= 0.6 is 0 Å². The number of hydrogen-bond donors (Lipinski definition) is 2. The van der Waals surface area contributed by atoms with E-state index in [1.165, 1.54) is 6.20 Å². The molecule has 0 aliphatic heterocycles. The second-order valence-corrected chi connectivity index (χ2v) is 7.07. The van der Waals surface area contributed by atoms with Gasteiger partial charge >= 0.3 is 0 Å². The second-order valence-electron chi connectivity index (χ2n) is 5.39. The molecule has 0 radical (unpaired) electrons. The summed E-state index contributed by atoms with van der Waals surface area (Å²) in [6.07, 6.45) is 1.49. The van der Waals surface area contributed by atoms with Crippen molar-refractivity contribution in [2.24, 2.45) is 0 Å². The van der Waals surface area contributed by atoms with Crippen molar-refractivity contribution in [2.45, 2.75) is 11.8 Å². The fraction of sp³-hybridized carbons (Fsp3) is 0.0588. The van der Waals surface area contributed by atoms with Crippen LogP contribution in [0.15, 0.2) is 41.4 Å². The van der Waals surface area contributed by atoms with Gasteiger partial charge in [-0.1, -0.05) is 6.07 Å². The average Bonchev–Trinajstić information content (AvgIpc) is 3.02.